The van der Waals surface area contributed by atoms with E-state index in [1.165, 1.54) is 11.1 Å². The molecule has 1 fully saturated rings. The molecular weight excluding hydrogens is 300 g/mol. The Balaban J connectivity index is 1.60. The average Bonchev–Trinajstić information content (AvgIpc) is 3.20. The van der Waals surface area contributed by atoms with Gasteiger partial charge in [-0.1, -0.05) is 36.8 Å². The minimum atomic E-state index is -0.0288. The largest absolute Gasteiger partial charge is 0.355 e. The van der Waals surface area contributed by atoms with Crippen molar-refractivity contribution in [2.75, 3.05) is 19.6 Å². The van der Waals surface area contributed by atoms with Crippen LogP contribution in [0, 0.1) is 12.8 Å². The zero-order chi connectivity index (χ0) is 17.1. The van der Waals surface area contributed by atoms with E-state index in [1.807, 2.05) is 19.4 Å². The zero-order valence-electron chi connectivity index (χ0n) is 14.6. The lowest BCUT2D eigenvalue weighted by atomic mass is 9.90. The van der Waals surface area contributed by atoms with Crippen LogP contribution in [0.15, 0.2) is 36.7 Å². The van der Waals surface area contributed by atoms with Crippen LogP contribution >= 0.6 is 0 Å². The minimum Gasteiger partial charge on any atom is -0.355 e. The van der Waals surface area contributed by atoms with Gasteiger partial charge in [-0.3, -0.25) is 9.48 Å². The van der Waals surface area contributed by atoms with Crippen LogP contribution in [0.1, 0.15) is 35.4 Å². The number of hydrogen-bond donors (Lipinski definition) is 2. The van der Waals surface area contributed by atoms with E-state index in [9.17, 15) is 4.79 Å². The number of aryl methyl sites for hydroxylation is 2. The van der Waals surface area contributed by atoms with Gasteiger partial charge in [-0.15, -0.1) is 0 Å². The molecule has 5 heteroatoms. The first-order valence-electron chi connectivity index (χ1n) is 8.58. The van der Waals surface area contributed by atoms with Crippen molar-refractivity contribution in [1.29, 1.82) is 0 Å². The van der Waals surface area contributed by atoms with Gasteiger partial charge >= 0.3 is 0 Å². The van der Waals surface area contributed by atoms with Crippen LogP contribution in [-0.2, 0) is 11.8 Å². The molecule has 1 aromatic heterocycles. The molecule has 24 heavy (non-hydrogen) atoms. The first-order chi connectivity index (χ1) is 11.5. The number of benzene rings is 1. The lowest BCUT2D eigenvalue weighted by molar-refractivity contribution is -0.124. The number of carbonyl (C=O) groups is 1. The fraction of sp³-hybridized carbons (Fsp3) is 0.474. The Morgan fingerprint density at radius 3 is 3.00 bits per heavy atom. The summed E-state index contributed by atoms with van der Waals surface area (Å²) in [4.78, 5) is 12.7. The van der Waals surface area contributed by atoms with Gasteiger partial charge in [0.1, 0.15) is 0 Å². The summed E-state index contributed by atoms with van der Waals surface area (Å²) in [6.45, 7) is 6.47. The van der Waals surface area contributed by atoms with Gasteiger partial charge in [-0.25, -0.2) is 0 Å². The zero-order valence-corrected chi connectivity index (χ0v) is 14.6. The second-order valence-corrected chi connectivity index (χ2v) is 6.88. The van der Waals surface area contributed by atoms with Gasteiger partial charge in [0.15, 0.2) is 0 Å². The maximum atomic E-state index is 12.7. The van der Waals surface area contributed by atoms with Gasteiger partial charge in [0.05, 0.1) is 12.1 Å². The predicted octanol–water partition coefficient (Wildman–Crippen LogP) is 1.95. The van der Waals surface area contributed by atoms with Crippen molar-refractivity contribution in [3.05, 3.63) is 53.3 Å². The second kappa shape index (κ2) is 7.18. The molecule has 0 bridgehead atoms. The van der Waals surface area contributed by atoms with Gasteiger partial charge in [0.25, 0.3) is 0 Å². The van der Waals surface area contributed by atoms with E-state index < -0.39 is 0 Å². The SMILES string of the molecule is Cc1cccc(C(C)CNC(=O)[C@H]2CNC[C@@H]2c2cnn(C)c2)c1. The molecule has 128 valence electrons. The van der Waals surface area contributed by atoms with Crippen molar-refractivity contribution < 1.29 is 4.79 Å². The van der Waals surface area contributed by atoms with Crippen molar-refractivity contribution >= 4 is 5.91 Å². The van der Waals surface area contributed by atoms with Gasteiger partial charge in [-0.05, 0) is 24.0 Å². The van der Waals surface area contributed by atoms with Gasteiger partial charge in [0.2, 0.25) is 5.91 Å². The van der Waals surface area contributed by atoms with E-state index in [2.05, 4.69) is 53.8 Å². The summed E-state index contributed by atoms with van der Waals surface area (Å²) >= 11 is 0. The summed E-state index contributed by atoms with van der Waals surface area (Å²) < 4.78 is 1.79. The maximum absolute atomic E-state index is 12.7. The Morgan fingerprint density at radius 2 is 2.29 bits per heavy atom. The summed E-state index contributed by atoms with van der Waals surface area (Å²) in [5.41, 5.74) is 3.65. The smallest absolute Gasteiger partial charge is 0.225 e. The van der Waals surface area contributed by atoms with E-state index in [0.29, 0.717) is 12.5 Å². The third-order valence-electron chi connectivity index (χ3n) is 4.90. The van der Waals surface area contributed by atoms with Crippen molar-refractivity contribution in [2.45, 2.75) is 25.7 Å². The van der Waals surface area contributed by atoms with E-state index in [1.54, 1.807) is 4.68 Å². The van der Waals surface area contributed by atoms with E-state index in [0.717, 1.165) is 18.7 Å². The predicted molar refractivity (Wildman–Crippen MR) is 94.9 cm³/mol. The molecule has 0 saturated carbocycles. The molecule has 1 aliphatic rings. The van der Waals surface area contributed by atoms with Crippen LogP contribution in [0.4, 0.5) is 0 Å². The fourth-order valence-electron chi connectivity index (χ4n) is 3.42. The number of rotatable bonds is 5. The van der Waals surface area contributed by atoms with Crippen LogP contribution < -0.4 is 10.6 Å². The molecule has 2 aromatic rings. The first kappa shape index (κ1) is 16.7. The molecule has 3 atom stereocenters. The topological polar surface area (TPSA) is 59.0 Å². The quantitative estimate of drug-likeness (QED) is 0.883. The van der Waals surface area contributed by atoms with Crippen LogP contribution in [0.2, 0.25) is 0 Å². The molecular formula is C19H26N4O. The molecule has 1 unspecified atom stereocenters. The van der Waals surface area contributed by atoms with Crippen molar-refractivity contribution in [3.63, 3.8) is 0 Å². The number of aromatic nitrogens is 2. The number of carbonyl (C=O) groups excluding carboxylic acids is 1. The number of nitrogens with zero attached hydrogens (tertiary/aromatic N) is 2. The Morgan fingerprint density at radius 1 is 1.46 bits per heavy atom. The van der Waals surface area contributed by atoms with Crippen molar-refractivity contribution in [3.8, 4) is 0 Å². The average molecular weight is 326 g/mol. The third-order valence-corrected chi connectivity index (χ3v) is 4.90. The van der Waals surface area contributed by atoms with Crippen molar-refractivity contribution in [2.24, 2.45) is 13.0 Å². The highest BCUT2D eigenvalue weighted by molar-refractivity contribution is 5.80. The third kappa shape index (κ3) is 3.67. The second-order valence-electron chi connectivity index (χ2n) is 6.88. The highest BCUT2D eigenvalue weighted by atomic mass is 16.1. The molecule has 1 saturated heterocycles. The molecule has 3 rings (SSSR count). The highest BCUT2D eigenvalue weighted by Crippen LogP contribution is 2.28. The summed E-state index contributed by atoms with van der Waals surface area (Å²) in [5.74, 6) is 0.611. The number of amides is 1. The monoisotopic (exact) mass is 326 g/mol. The highest BCUT2D eigenvalue weighted by Gasteiger charge is 2.34. The molecule has 0 radical (unpaired) electrons. The fourth-order valence-corrected chi connectivity index (χ4v) is 3.42. The molecule has 1 aliphatic heterocycles. The standard InChI is InChI=1S/C19H26N4O/c1-13-5-4-6-15(7-13)14(2)8-21-19(24)18-11-20-10-17(18)16-9-22-23(3)12-16/h4-7,9,12,14,17-18,20H,8,10-11H2,1-3H3,(H,21,24)/t14?,17-,18+/m1/s1. The van der Waals surface area contributed by atoms with E-state index in [-0.39, 0.29) is 17.7 Å². The molecule has 0 aliphatic carbocycles. The summed E-state index contributed by atoms with van der Waals surface area (Å²) in [6, 6.07) is 8.48. The molecule has 2 heterocycles. The van der Waals surface area contributed by atoms with Gasteiger partial charge in [-0.2, -0.15) is 5.10 Å². The maximum Gasteiger partial charge on any atom is 0.225 e. The van der Waals surface area contributed by atoms with Gasteiger partial charge < -0.3 is 10.6 Å². The van der Waals surface area contributed by atoms with Crippen molar-refractivity contribution in [1.82, 2.24) is 20.4 Å². The summed E-state index contributed by atoms with van der Waals surface area (Å²) in [5, 5.41) is 10.7. The minimum absolute atomic E-state index is 0.0288. The van der Waals surface area contributed by atoms with Crippen LogP contribution in [0.5, 0.6) is 0 Å². The normalized spacial score (nSPS) is 21.6. The van der Waals surface area contributed by atoms with Crippen LogP contribution in [0.25, 0.3) is 0 Å². The Kier molecular flexibility index (Phi) is 5.00. The Bertz CT molecular complexity index is 709. The molecule has 2 N–H and O–H groups in total. The summed E-state index contributed by atoms with van der Waals surface area (Å²) in [7, 11) is 1.91. The Labute approximate surface area is 143 Å². The van der Waals surface area contributed by atoms with E-state index >= 15 is 0 Å². The number of hydrogen-bond acceptors (Lipinski definition) is 3. The Hall–Kier alpha value is -2.14. The first-order valence-corrected chi connectivity index (χ1v) is 8.58. The molecule has 1 amide bonds. The lowest BCUT2D eigenvalue weighted by Gasteiger charge is -2.19. The van der Waals surface area contributed by atoms with Gasteiger partial charge in [0, 0.05) is 38.8 Å². The molecule has 0 spiro atoms. The lowest BCUT2D eigenvalue weighted by Crippen LogP contribution is -2.36. The molecule has 1 aromatic carbocycles. The molecule has 5 nitrogen and oxygen atoms in total. The number of nitrogens with one attached hydrogen (secondary N) is 2. The van der Waals surface area contributed by atoms with Crippen LogP contribution in [0.3, 0.4) is 0 Å². The summed E-state index contributed by atoms with van der Waals surface area (Å²) in [6.07, 6.45) is 3.88. The van der Waals surface area contributed by atoms with Crippen LogP contribution in [-0.4, -0.2) is 35.3 Å². The van der Waals surface area contributed by atoms with E-state index in [4.69, 9.17) is 0 Å².